The van der Waals surface area contributed by atoms with Gasteiger partial charge in [-0.25, -0.2) is 4.79 Å². The molecule has 0 bridgehead atoms. The number of aliphatic carboxylic acids is 2. The fourth-order valence-corrected chi connectivity index (χ4v) is 3.11. The van der Waals surface area contributed by atoms with Gasteiger partial charge in [-0.3, -0.25) is 19.2 Å². The molecule has 0 heterocycles. The Bertz CT molecular complexity index is 841. The van der Waals surface area contributed by atoms with Gasteiger partial charge in [0.15, 0.2) is 0 Å². The van der Waals surface area contributed by atoms with Crippen molar-refractivity contribution in [2.75, 3.05) is 11.5 Å². The van der Waals surface area contributed by atoms with E-state index in [-0.39, 0.29) is 24.3 Å². The summed E-state index contributed by atoms with van der Waals surface area (Å²) < 4.78 is 0. The fraction of sp³-hybridized carbons (Fsp3) is 0.450. The first-order chi connectivity index (χ1) is 15.6. The number of hydrogen-bond acceptors (Lipinski definition) is 8. The first-order valence-electron chi connectivity index (χ1n) is 9.96. The number of amides is 3. The van der Waals surface area contributed by atoms with E-state index in [9.17, 15) is 29.1 Å². The Morgan fingerprint density at radius 2 is 1.36 bits per heavy atom. The van der Waals surface area contributed by atoms with E-state index in [1.54, 1.807) is 30.3 Å². The molecule has 11 nitrogen and oxygen atoms in total. The van der Waals surface area contributed by atoms with E-state index in [0.717, 1.165) is 5.56 Å². The fourth-order valence-electron chi connectivity index (χ4n) is 2.68. The van der Waals surface area contributed by atoms with Crippen LogP contribution in [0.5, 0.6) is 0 Å². The van der Waals surface area contributed by atoms with Crippen LogP contribution in [0.25, 0.3) is 0 Å². The lowest BCUT2D eigenvalue weighted by atomic mass is 10.0. The number of nitrogens with one attached hydrogen (secondary N) is 3. The Labute approximate surface area is 201 Å². The van der Waals surface area contributed by atoms with E-state index < -0.39 is 60.2 Å². The second-order valence-corrected chi connectivity index (χ2v) is 7.85. The molecule has 1 rings (SSSR count). The van der Waals surface area contributed by atoms with Crippen LogP contribution in [0.1, 0.15) is 18.4 Å². The Balaban J connectivity index is 2.93. The van der Waals surface area contributed by atoms with Crippen LogP contribution in [0.3, 0.4) is 0 Å². The van der Waals surface area contributed by atoms with E-state index in [1.807, 2.05) is 0 Å². The van der Waals surface area contributed by atoms with Crippen LogP contribution in [-0.2, 0) is 30.4 Å². The number of carboxylic acids is 2. The van der Waals surface area contributed by atoms with Gasteiger partial charge in [-0.05, 0) is 12.0 Å². The lowest BCUT2D eigenvalue weighted by Gasteiger charge is -2.24. The molecular weight excluding hydrogens is 472 g/mol. The van der Waals surface area contributed by atoms with Crippen molar-refractivity contribution in [3.8, 4) is 0 Å². The molecule has 0 spiro atoms. The number of benzene rings is 1. The summed E-state index contributed by atoms with van der Waals surface area (Å²) in [5, 5.41) is 25.1. The van der Waals surface area contributed by atoms with Gasteiger partial charge in [-0.15, -0.1) is 0 Å². The molecule has 0 saturated heterocycles. The van der Waals surface area contributed by atoms with Crippen molar-refractivity contribution < 1.29 is 34.2 Å². The van der Waals surface area contributed by atoms with Gasteiger partial charge in [-0.1, -0.05) is 30.3 Å². The summed E-state index contributed by atoms with van der Waals surface area (Å²) in [5.74, 6) is -4.91. The second-order valence-electron chi connectivity index (χ2n) is 7.12. The normalized spacial score (nSPS) is 14.3. The number of carbonyl (C=O) groups excluding carboxylic acids is 3. The zero-order chi connectivity index (χ0) is 25.0. The van der Waals surface area contributed by atoms with E-state index in [2.05, 4.69) is 41.2 Å². The molecule has 0 radical (unpaired) electrons. The van der Waals surface area contributed by atoms with E-state index in [0.29, 0.717) is 0 Å². The van der Waals surface area contributed by atoms with Gasteiger partial charge >= 0.3 is 11.9 Å². The van der Waals surface area contributed by atoms with Crippen LogP contribution >= 0.6 is 25.3 Å². The maximum atomic E-state index is 12.9. The maximum Gasteiger partial charge on any atom is 0.326 e. The summed E-state index contributed by atoms with van der Waals surface area (Å²) in [4.78, 5) is 59.7. The zero-order valence-electron chi connectivity index (χ0n) is 17.6. The summed E-state index contributed by atoms with van der Waals surface area (Å²) in [6, 6.07) is 4.11. The molecule has 0 saturated carbocycles. The van der Waals surface area contributed by atoms with Gasteiger partial charge < -0.3 is 31.9 Å². The molecular formula is C20H28N4O7S2. The van der Waals surface area contributed by atoms with Crippen LogP contribution in [-0.4, -0.2) is 75.5 Å². The molecule has 33 heavy (non-hydrogen) atoms. The van der Waals surface area contributed by atoms with Crippen molar-refractivity contribution in [2.24, 2.45) is 5.73 Å². The Morgan fingerprint density at radius 1 is 0.818 bits per heavy atom. The Morgan fingerprint density at radius 3 is 1.88 bits per heavy atom. The predicted molar refractivity (Wildman–Crippen MR) is 126 cm³/mol. The SMILES string of the molecule is NC(CS)C(=O)NC(Cc1ccccc1)C(=O)NC(CS)C(=O)NC(CCC(=O)O)C(=O)O. The molecule has 0 aliphatic rings. The van der Waals surface area contributed by atoms with Gasteiger partial charge in [-0.2, -0.15) is 25.3 Å². The van der Waals surface area contributed by atoms with Crippen molar-refractivity contribution in [1.29, 1.82) is 0 Å². The minimum Gasteiger partial charge on any atom is -0.481 e. The molecule has 3 amide bonds. The largest absolute Gasteiger partial charge is 0.481 e. The van der Waals surface area contributed by atoms with Crippen LogP contribution in [0, 0.1) is 0 Å². The first kappa shape index (κ1) is 28.3. The molecule has 4 atom stereocenters. The number of thiol groups is 2. The number of carbonyl (C=O) groups is 5. The second kappa shape index (κ2) is 14.4. The highest BCUT2D eigenvalue weighted by Gasteiger charge is 2.30. The van der Waals surface area contributed by atoms with Gasteiger partial charge in [0, 0.05) is 24.3 Å². The summed E-state index contributed by atoms with van der Waals surface area (Å²) in [5.41, 5.74) is 6.41. The molecule has 1 aromatic carbocycles. The lowest BCUT2D eigenvalue weighted by Crippen LogP contribution is -2.58. The van der Waals surface area contributed by atoms with Gasteiger partial charge in [0.25, 0.3) is 0 Å². The van der Waals surface area contributed by atoms with Gasteiger partial charge in [0.1, 0.15) is 18.1 Å². The molecule has 0 aliphatic carbocycles. The van der Waals surface area contributed by atoms with E-state index >= 15 is 0 Å². The van der Waals surface area contributed by atoms with Crippen LogP contribution in [0.15, 0.2) is 30.3 Å². The molecule has 182 valence electrons. The average molecular weight is 501 g/mol. The third-order valence-electron chi connectivity index (χ3n) is 4.53. The van der Waals surface area contributed by atoms with Gasteiger partial charge in [0.05, 0.1) is 6.04 Å². The minimum atomic E-state index is -1.46. The minimum absolute atomic E-state index is 0.0557. The van der Waals surface area contributed by atoms with Crippen molar-refractivity contribution in [1.82, 2.24) is 16.0 Å². The molecule has 0 aromatic heterocycles. The standard InChI is InChI=1S/C20H28N4O7S2/c21-12(9-32)17(27)23-14(8-11-4-2-1-3-5-11)18(28)24-15(10-33)19(29)22-13(20(30)31)6-7-16(25)26/h1-5,12-15,32-33H,6-10,21H2,(H,22,29)(H,23,27)(H,24,28)(H,25,26)(H,30,31). The number of carboxylic acid groups (broad SMARTS) is 2. The average Bonchev–Trinajstić information content (AvgIpc) is 2.78. The quantitative estimate of drug-likeness (QED) is 0.147. The zero-order valence-corrected chi connectivity index (χ0v) is 19.4. The van der Waals surface area contributed by atoms with Crippen LogP contribution in [0.2, 0.25) is 0 Å². The highest BCUT2D eigenvalue weighted by Crippen LogP contribution is 2.06. The molecule has 0 fully saturated rings. The van der Waals surface area contributed by atoms with Crippen molar-refractivity contribution in [2.45, 2.75) is 43.4 Å². The Kier molecular flexibility index (Phi) is 12.3. The van der Waals surface area contributed by atoms with Gasteiger partial charge in [0.2, 0.25) is 17.7 Å². The topological polar surface area (TPSA) is 188 Å². The Hall–Kier alpha value is -2.77. The number of rotatable bonds is 14. The molecule has 13 heteroatoms. The monoisotopic (exact) mass is 500 g/mol. The summed E-state index contributed by atoms with van der Waals surface area (Å²) in [6.07, 6.45) is -0.696. The third kappa shape index (κ3) is 10.1. The molecule has 0 aliphatic heterocycles. The lowest BCUT2D eigenvalue weighted by molar-refractivity contribution is -0.143. The maximum absolute atomic E-state index is 12.9. The number of nitrogens with two attached hydrogens (primary N) is 1. The highest BCUT2D eigenvalue weighted by atomic mass is 32.1. The van der Waals surface area contributed by atoms with Crippen molar-refractivity contribution in [3.05, 3.63) is 35.9 Å². The number of hydrogen-bond donors (Lipinski definition) is 8. The summed E-state index contributed by atoms with van der Waals surface area (Å²) >= 11 is 8.01. The van der Waals surface area contributed by atoms with Crippen molar-refractivity contribution in [3.63, 3.8) is 0 Å². The molecule has 4 unspecified atom stereocenters. The molecule has 1 aromatic rings. The summed E-state index contributed by atoms with van der Waals surface area (Å²) in [6.45, 7) is 0. The van der Waals surface area contributed by atoms with Crippen LogP contribution in [0.4, 0.5) is 0 Å². The smallest absolute Gasteiger partial charge is 0.326 e. The van der Waals surface area contributed by atoms with Crippen molar-refractivity contribution >= 4 is 54.9 Å². The highest BCUT2D eigenvalue weighted by molar-refractivity contribution is 7.80. The first-order valence-corrected chi connectivity index (χ1v) is 11.2. The van der Waals surface area contributed by atoms with E-state index in [4.69, 9.17) is 10.8 Å². The van der Waals surface area contributed by atoms with Crippen LogP contribution < -0.4 is 21.7 Å². The van der Waals surface area contributed by atoms with E-state index in [1.165, 1.54) is 0 Å². The predicted octanol–water partition coefficient (Wildman–Crippen LogP) is -1.18. The molecule has 7 N–H and O–H groups in total. The third-order valence-corrected chi connectivity index (χ3v) is 5.28. The summed E-state index contributed by atoms with van der Waals surface area (Å²) in [7, 11) is 0.